The quantitative estimate of drug-likeness (QED) is 0.729. The topological polar surface area (TPSA) is 37.4 Å². The third-order valence-electron chi connectivity index (χ3n) is 3.56. The van der Waals surface area contributed by atoms with Crippen LogP contribution in [0.4, 0.5) is 0 Å². The lowest BCUT2D eigenvalue weighted by Crippen LogP contribution is -2.47. The summed E-state index contributed by atoms with van der Waals surface area (Å²) in [7, 11) is -3.49. The maximum Gasteiger partial charge on any atom is 0.244 e. The van der Waals surface area contributed by atoms with E-state index in [0.717, 1.165) is 11.3 Å². The molecule has 1 aliphatic heterocycles. The van der Waals surface area contributed by atoms with E-state index in [9.17, 15) is 8.42 Å². The first kappa shape index (κ1) is 16.6. The molecule has 2 atom stereocenters. The summed E-state index contributed by atoms with van der Waals surface area (Å²) in [5, 5.41) is 0.300. The van der Waals surface area contributed by atoms with Crippen molar-refractivity contribution in [1.82, 2.24) is 4.31 Å². The van der Waals surface area contributed by atoms with Crippen LogP contribution in [0.25, 0.3) is 0 Å². The minimum absolute atomic E-state index is 0.00897. The Kier molecular flexibility index (Phi) is 5.46. The number of benzene rings is 1. The van der Waals surface area contributed by atoms with Gasteiger partial charge in [0.05, 0.1) is 4.90 Å². The molecule has 0 N–H and O–H groups in total. The Morgan fingerprint density at radius 2 is 2.15 bits per heavy atom. The number of thioether (sulfide) groups is 1. The fourth-order valence-electron chi connectivity index (χ4n) is 2.20. The molecule has 0 radical (unpaired) electrons. The zero-order chi connectivity index (χ0) is 14.9. The molecule has 7 heteroatoms. The van der Waals surface area contributed by atoms with Gasteiger partial charge in [0.1, 0.15) is 0 Å². The van der Waals surface area contributed by atoms with Gasteiger partial charge in [0.25, 0.3) is 0 Å². The molecule has 1 aromatic rings. The van der Waals surface area contributed by atoms with Gasteiger partial charge in [0, 0.05) is 33.9 Å². The number of nitrogens with zero attached hydrogens (tertiary/aromatic N) is 1. The van der Waals surface area contributed by atoms with E-state index in [2.05, 4.69) is 22.9 Å². The van der Waals surface area contributed by atoms with Crippen molar-refractivity contribution in [3.05, 3.63) is 28.2 Å². The zero-order valence-electron chi connectivity index (χ0n) is 11.3. The standard InChI is InChI=1S/C13H17BrClNO2S2/c1-9-10(2)19-6-5-16(9)20(17,18)13-7-11(8-15)3-4-12(13)14/h3-4,7,9-10H,5-6,8H2,1-2H3. The van der Waals surface area contributed by atoms with Crippen molar-refractivity contribution in [3.63, 3.8) is 0 Å². The lowest BCUT2D eigenvalue weighted by Gasteiger charge is -2.36. The van der Waals surface area contributed by atoms with Crippen molar-refractivity contribution in [2.45, 2.75) is 35.9 Å². The summed E-state index contributed by atoms with van der Waals surface area (Å²) < 4.78 is 27.9. The Labute approximate surface area is 138 Å². The predicted octanol–water partition coefficient (Wildman–Crippen LogP) is 3.70. The molecule has 1 fully saturated rings. The molecule has 112 valence electrons. The molecule has 0 aromatic heterocycles. The van der Waals surface area contributed by atoms with Crippen LogP contribution in [0, 0.1) is 0 Å². The van der Waals surface area contributed by atoms with Crippen LogP contribution in [-0.2, 0) is 15.9 Å². The lowest BCUT2D eigenvalue weighted by atomic mass is 10.2. The second kappa shape index (κ2) is 6.57. The van der Waals surface area contributed by atoms with Gasteiger partial charge in [-0.2, -0.15) is 16.1 Å². The number of hydrogen-bond acceptors (Lipinski definition) is 3. The average Bonchev–Trinajstić information content (AvgIpc) is 2.42. The molecular weight excluding hydrogens is 382 g/mol. The van der Waals surface area contributed by atoms with Crippen LogP contribution in [0.1, 0.15) is 19.4 Å². The summed E-state index contributed by atoms with van der Waals surface area (Å²) in [6.07, 6.45) is 0. The summed E-state index contributed by atoms with van der Waals surface area (Å²) in [4.78, 5) is 0.307. The Balaban J connectivity index is 2.44. The highest BCUT2D eigenvalue weighted by Crippen LogP contribution is 2.32. The van der Waals surface area contributed by atoms with E-state index in [0.29, 0.717) is 27.0 Å². The third kappa shape index (κ3) is 3.19. The van der Waals surface area contributed by atoms with Crippen molar-refractivity contribution in [2.75, 3.05) is 12.3 Å². The van der Waals surface area contributed by atoms with Crippen molar-refractivity contribution in [3.8, 4) is 0 Å². The molecule has 2 rings (SSSR count). The molecule has 1 heterocycles. The van der Waals surface area contributed by atoms with Gasteiger partial charge in [0.15, 0.2) is 0 Å². The minimum atomic E-state index is -3.49. The highest BCUT2D eigenvalue weighted by atomic mass is 79.9. The van der Waals surface area contributed by atoms with Crippen LogP contribution in [0.2, 0.25) is 0 Å². The summed E-state index contributed by atoms with van der Waals surface area (Å²) in [6.45, 7) is 4.59. The molecule has 0 saturated carbocycles. The van der Waals surface area contributed by atoms with Gasteiger partial charge in [-0.3, -0.25) is 0 Å². The first-order chi connectivity index (χ1) is 9.37. The Morgan fingerprint density at radius 1 is 1.45 bits per heavy atom. The van der Waals surface area contributed by atoms with Gasteiger partial charge in [-0.05, 0) is 40.5 Å². The maximum absolute atomic E-state index is 12.9. The largest absolute Gasteiger partial charge is 0.244 e. The second-order valence-corrected chi connectivity index (χ2v) is 9.30. The van der Waals surface area contributed by atoms with Gasteiger partial charge in [0.2, 0.25) is 10.0 Å². The van der Waals surface area contributed by atoms with Crippen LogP contribution in [0.15, 0.2) is 27.6 Å². The summed E-state index contributed by atoms with van der Waals surface area (Å²) >= 11 is 11.0. The normalized spacial score (nSPS) is 24.8. The Morgan fingerprint density at radius 3 is 2.80 bits per heavy atom. The fraction of sp³-hybridized carbons (Fsp3) is 0.538. The first-order valence-electron chi connectivity index (χ1n) is 6.35. The maximum atomic E-state index is 12.9. The van der Waals surface area contributed by atoms with Gasteiger partial charge in [-0.1, -0.05) is 13.0 Å². The summed E-state index contributed by atoms with van der Waals surface area (Å²) in [6, 6.07) is 5.22. The Bertz CT molecular complexity index is 594. The number of rotatable bonds is 3. The van der Waals surface area contributed by atoms with Crippen LogP contribution in [0.5, 0.6) is 0 Å². The van der Waals surface area contributed by atoms with Crippen LogP contribution in [-0.4, -0.2) is 36.3 Å². The second-order valence-electron chi connectivity index (χ2n) is 4.83. The van der Waals surface area contributed by atoms with E-state index in [1.165, 1.54) is 0 Å². The van der Waals surface area contributed by atoms with Crippen molar-refractivity contribution >= 4 is 49.3 Å². The van der Waals surface area contributed by atoms with Gasteiger partial charge in [-0.15, -0.1) is 11.6 Å². The third-order valence-corrected chi connectivity index (χ3v) is 8.19. The zero-order valence-corrected chi connectivity index (χ0v) is 15.3. The molecule has 0 aliphatic carbocycles. The number of alkyl halides is 1. The highest BCUT2D eigenvalue weighted by molar-refractivity contribution is 9.10. The van der Waals surface area contributed by atoms with E-state index in [-0.39, 0.29) is 6.04 Å². The van der Waals surface area contributed by atoms with Crippen molar-refractivity contribution in [2.24, 2.45) is 0 Å². The van der Waals surface area contributed by atoms with Crippen molar-refractivity contribution in [1.29, 1.82) is 0 Å². The lowest BCUT2D eigenvalue weighted by molar-refractivity contribution is 0.340. The summed E-state index contributed by atoms with van der Waals surface area (Å²) in [5.74, 6) is 1.13. The Hall–Kier alpha value is 0.250. The SMILES string of the molecule is CC1SCCN(S(=O)(=O)c2cc(CCl)ccc2Br)C1C. The molecule has 1 saturated heterocycles. The number of halogens is 2. The molecule has 0 bridgehead atoms. The predicted molar refractivity (Wildman–Crippen MR) is 89.0 cm³/mol. The molecule has 1 aliphatic rings. The minimum Gasteiger partial charge on any atom is -0.207 e. The molecule has 0 spiro atoms. The average molecular weight is 399 g/mol. The van der Waals surface area contributed by atoms with Crippen molar-refractivity contribution < 1.29 is 8.42 Å². The first-order valence-corrected chi connectivity index (χ1v) is 10.2. The molecule has 1 aromatic carbocycles. The smallest absolute Gasteiger partial charge is 0.207 e. The van der Waals surface area contributed by atoms with Gasteiger partial charge < -0.3 is 0 Å². The van der Waals surface area contributed by atoms with E-state index < -0.39 is 10.0 Å². The monoisotopic (exact) mass is 397 g/mol. The van der Waals surface area contributed by atoms with Crippen LogP contribution in [0.3, 0.4) is 0 Å². The summed E-state index contributed by atoms with van der Waals surface area (Å²) in [5.41, 5.74) is 0.806. The van der Waals surface area contributed by atoms with E-state index in [1.54, 1.807) is 16.4 Å². The molecule has 2 unspecified atom stereocenters. The van der Waals surface area contributed by atoms with E-state index in [4.69, 9.17) is 11.6 Å². The molecule has 20 heavy (non-hydrogen) atoms. The number of hydrogen-bond donors (Lipinski definition) is 0. The van der Waals surface area contributed by atoms with E-state index in [1.807, 2.05) is 24.8 Å². The van der Waals surface area contributed by atoms with Gasteiger partial charge >= 0.3 is 0 Å². The van der Waals surface area contributed by atoms with Crippen LogP contribution < -0.4 is 0 Å². The van der Waals surface area contributed by atoms with E-state index >= 15 is 0 Å². The van der Waals surface area contributed by atoms with Gasteiger partial charge in [-0.25, -0.2) is 8.42 Å². The van der Waals surface area contributed by atoms with Crippen LogP contribution >= 0.6 is 39.3 Å². The molecule has 3 nitrogen and oxygen atoms in total. The highest BCUT2D eigenvalue weighted by Gasteiger charge is 2.35. The molecule has 0 amide bonds. The number of sulfonamides is 1. The fourth-order valence-corrected chi connectivity index (χ4v) is 6.34. The molecular formula is C13H17BrClNO2S2.